The van der Waals surface area contributed by atoms with Gasteiger partial charge in [0.1, 0.15) is 12.4 Å². The molecule has 0 radical (unpaired) electrons. The third-order valence-corrected chi connectivity index (χ3v) is 5.34. The van der Waals surface area contributed by atoms with E-state index >= 15 is 0 Å². The fraction of sp³-hybridized carbons (Fsp3) is 0.750. The zero-order chi connectivity index (χ0) is 17.2. The molecule has 1 aromatic rings. The van der Waals surface area contributed by atoms with Gasteiger partial charge in [-0.1, -0.05) is 11.8 Å². The van der Waals surface area contributed by atoms with E-state index in [0.29, 0.717) is 42.3 Å². The van der Waals surface area contributed by atoms with Crippen LogP contribution in [0, 0.1) is 0 Å². The minimum atomic E-state index is -2.52. The van der Waals surface area contributed by atoms with Gasteiger partial charge in [-0.3, -0.25) is 4.90 Å². The van der Waals surface area contributed by atoms with Crippen LogP contribution in [0.1, 0.15) is 32.1 Å². The first kappa shape index (κ1) is 17.7. The lowest BCUT2D eigenvalue weighted by Gasteiger charge is -2.37. The first-order chi connectivity index (χ1) is 11.4. The fourth-order valence-electron chi connectivity index (χ4n) is 3.00. The molecular formula is C16H24F2N4OS. The first-order valence-corrected chi connectivity index (χ1v) is 9.58. The molecule has 1 aliphatic heterocycles. The van der Waals surface area contributed by atoms with E-state index in [0.717, 1.165) is 13.0 Å². The molecule has 24 heavy (non-hydrogen) atoms. The second-order valence-corrected chi connectivity index (χ2v) is 7.36. The van der Waals surface area contributed by atoms with E-state index in [4.69, 9.17) is 4.74 Å². The molecule has 8 heteroatoms. The summed E-state index contributed by atoms with van der Waals surface area (Å²) in [5.74, 6) is -1.32. The highest BCUT2D eigenvalue weighted by molar-refractivity contribution is 7.98. The lowest BCUT2D eigenvalue weighted by Crippen LogP contribution is -2.48. The Hall–Kier alpha value is -1.15. The number of ether oxygens (including phenoxy) is 1. The standard InChI is InChI=1S/C16H24F2N4OS/c1-22-8-5-12(22)10-23-14-9-13(20-15(21-14)24-2)19-11-3-6-16(17,18)7-4-11/h9,11-12H,3-8,10H2,1-2H3,(H,19,20,21). The summed E-state index contributed by atoms with van der Waals surface area (Å²) in [6.07, 6.45) is 3.82. The zero-order valence-corrected chi connectivity index (χ0v) is 14.9. The van der Waals surface area contributed by atoms with E-state index in [1.165, 1.54) is 11.8 Å². The van der Waals surface area contributed by atoms with Crippen LogP contribution in [0.4, 0.5) is 14.6 Å². The van der Waals surface area contributed by atoms with E-state index in [1.807, 2.05) is 6.26 Å². The van der Waals surface area contributed by atoms with Crippen LogP contribution >= 0.6 is 11.8 Å². The van der Waals surface area contributed by atoms with Crippen LogP contribution in [0.3, 0.4) is 0 Å². The number of thioether (sulfide) groups is 1. The molecule has 1 unspecified atom stereocenters. The molecule has 5 nitrogen and oxygen atoms in total. The van der Waals surface area contributed by atoms with Gasteiger partial charge >= 0.3 is 0 Å². The zero-order valence-electron chi connectivity index (χ0n) is 14.1. The Balaban J connectivity index is 1.61. The van der Waals surface area contributed by atoms with Crippen molar-refractivity contribution >= 4 is 17.6 Å². The summed E-state index contributed by atoms with van der Waals surface area (Å²) in [5, 5.41) is 3.89. The highest BCUT2D eigenvalue weighted by Gasteiger charge is 2.35. The number of aromatic nitrogens is 2. The third-order valence-electron chi connectivity index (χ3n) is 4.80. The number of likely N-dealkylation sites (tertiary alicyclic amines) is 1. The molecule has 1 saturated carbocycles. The topological polar surface area (TPSA) is 50.3 Å². The Morgan fingerprint density at radius 2 is 2.08 bits per heavy atom. The number of alkyl halides is 2. The van der Waals surface area contributed by atoms with Crippen LogP contribution < -0.4 is 10.1 Å². The predicted octanol–water partition coefficient (Wildman–Crippen LogP) is 3.27. The number of nitrogens with one attached hydrogen (secondary N) is 1. The SMILES string of the molecule is CSc1nc(NC2CCC(F)(F)CC2)cc(OCC2CCN2C)n1. The Morgan fingerprint density at radius 3 is 2.67 bits per heavy atom. The maximum absolute atomic E-state index is 13.3. The van der Waals surface area contributed by atoms with Crippen molar-refractivity contribution in [1.82, 2.24) is 14.9 Å². The van der Waals surface area contributed by atoms with Gasteiger partial charge in [0.2, 0.25) is 11.8 Å². The van der Waals surface area contributed by atoms with Crippen LogP contribution in [0.2, 0.25) is 0 Å². The van der Waals surface area contributed by atoms with Gasteiger partial charge < -0.3 is 10.1 Å². The molecule has 1 N–H and O–H groups in total. The van der Waals surface area contributed by atoms with Crippen molar-refractivity contribution in [1.29, 1.82) is 0 Å². The van der Waals surface area contributed by atoms with Gasteiger partial charge in [0, 0.05) is 31.0 Å². The van der Waals surface area contributed by atoms with E-state index < -0.39 is 5.92 Å². The van der Waals surface area contributed by atoms with Crippen LogP contribution in [0.15, 0.2) is 11.2 Å². The van der Waals surface area contributed by atoms with Gasteiger partial charge in [-0.05, 0) is 39.1 Å². The third kappa shape index (κ3) is 4.47. The van der Waals surface area contributed by atoms with Gasteiger partial charge in [0.25, 0.3) is 0 Å². The molecule has 0 spiro atoms. The summed E-state index contributed by atoms with van der Waals surface area (Å²) >= 11 is 1.44. The molecule has 2 aliphatic rings. The van der Waals surface area contributed by atoms with Crippen LogP contribution in [-0.2, 0) is 0 Å². The first-order valence-electron chi connectivity index (χ1n) is 8.36. The van der Waals surface area contributed by atoms with Gasteiger partial charge in [0.05, 0.1) is 0 Å². The van der Waals surface area contributed by atoms with Crippen molar-refractivity contribution in [2.75, 3.05) is 31.8 Å². The summed E-state index contributed by atoms with van der Waals surface area (Å²) in [5.41, 5.74) is 0. The minimum absolute atomic E-state index is 0.0276. The summed E-state index contributed by atoms with van der Waals surface area (Å²) in [7, 11) is 2.08. The maximum atomic E-state index is 13.3. The Morgan fingerprint density at radius 1 is 1.33 bits per heavy atom. The largest absolute Gasteiger partial charge is 0.476 e. The molecule has 3 rings (SSSR count). The quantitative estimate of drug-likeness (QED) is 0.622. The molecule has 1 aromatic heterocycles. The van der Waals surface area contributed by atoms with E-state index in [1.54, 1.807) is 6.07 Å². The van der Waals surface area contributed by atoms with Gasteiger partial charge in [-0.25, -0.2) is 13.8 Å². The number of hydrogen-bond donors (Lipinski definition) is 1. The van der Waals surface area contributed by atoms with Gasteiger partial charge in [-0.2, -0.15) is 4.98 Å². The van der Waals surface area contributed by atoms with E-state index in [2.05, 4.69) is 27.2 Å². The lowest BCUT2D eigenvalue weighted by molar-refractivity contribution is -0.0361. The second kappa shape index (κ2) is 7.39. The summed E-state index contributed by atoms with van der Waals surface area (Å²) in [6, 6.07) is 2.24. The molecule has 0 amide bonds. The monoisotopic (exact) mass is 358 g/mol. The van der Waals surface area contributed by atoms with Crippen molar-refractivity contribution in [3.8, 4) is 5.88 Å². The molecule has 1 aliphatic carbocycles. The summed E-state index contributed by atoms with van der Waals surface area (Å²) in [6.45, 7) is 1.71. The predicted molar refractivity (Wildman–Crippen MR) is 91.2 cm³/mol. The number of anilines is 1. The van der Waals surface area contributed by atoms with Crippen LogP contribution in [-0.4, -0.2) is 59.3 Å². The Labute approximate surface area is 145 Å². The second-order valence-electron chi connectivity index (χ2n) is 6.59. The molecular weight excluding hydrogens is 334 g/mol. The van der Waals surface area contributed by atoms with E-state index in [9.17, 15) is 8.78 Å². The normalized spacial score (nSPS) is 24.4. The van der Waals surface area contributed by atoms with E-state index in [-0.39, 0.29) is 18.9 Å². The molecule has 134 valence electrons. The minimum Gasteiger partial charge on any atom is -0.476 e. The van der Waals surface area contributed by atoms with Crippen molar-refractivity contribution in [2.45, 2.75) is 55.3 Å². The Kier molecular flexibility index (Phi) is 5.44. The molecule has 0 aromatic carbocycles. The highest BCUT2D eigenvalue weighted by Crippen LogP contribution is 2.34. The average molecular weight is 358 g/mol. The molecule has 2 fully saturated rings. The van der Waals surface area contributed by atoms with Gasteiger partial charge in [0.15, 0.2) is 5.16 Å². The van der Waals surface area contributed by atoms with Crippen LogP contribution in [0.5, 0.6) is 5.88 Å². The smallest absolute Gasteiger partial charge is 0.248 e. The van der Waals surface area contributed by atoms with Crippen molar-refractivity contribution in [2.24, 2.45) is 0 Å². The number of rotatable bonds is 6. The van der Waals surface area contributed by atoms with Crippen molar-refractivity contribution in [3.05, 3.63) is 6.07 Å². The maximum Gasteiger partial charge on any atom is 0.248 e. The van der Waals surface area contributed by atoms with Gasteiger partial charge in [-0.15, -0.1) is 0 Å². The summed E-state index contributed by atoms with van der Waals surface area (Å²) in [4.78, 5) is 11.0. The molecule has 2 heterocycles. The fourth-order valence-corrected chi connectivity index (χ4v) is 3.37. The molecule has 1 atom stereocenters. The summed E-state index contributed by atoms with van der Waals surface area (Å²) < 4.78 is 32.4. The lowest BCUT2D eigenvalue weighted by atomic mass is 9.92. The number of likely N-dealkylation sites (N-methyl/N-ethyl adjacent to an activating group) is 1. The van der Waals surface area contributed by atoms with Crippen molar-refractivity contribution < 1.29 is 13.5 Å². The molecule has 0 bridgehead atoms. The number of nitrogens with zero attached hydrogens (tertiary/aromatic N) is 3. The van der Waals surface area contributed by atoms with Crippen molar-refractivity contribution in [3.63, 3.8) is 0 Å². The number of hydrogen-bond acceptors (Lipinski definition) is 6. The van der Waals surface area contributed by atoms with Crippen LogP contribution in [0.25, 0.3) is 0 Å². The average Bonchev–Trinajstić information content (AvgIpc) is 2.55. The molecule has 1 saturated heterocycles. The Bertz CT molecular complexity index is 565. The highest BCUT2D eigenvalue weighted by atomic mass is 32.2. The number of halogens is 2.